The maximum Gasteiger partial charge on any atom is 0.110 e. The van der Waals surface area contributed by atoms with E-state index in [4.69, 9.17) is 12.2 Å². The molecule has 1 nitrogen and oxygen atoms in total. The maximum absolute atomic E-state index is 5.48. The van der Waals surface area contributed by atoms with Crippen molar-refractivity contribution >= 4 is 33.8 Å². The van der Waals surface area contributed by atoms with E-state index in [1.54, 1.807) is 0 Å². The van der Waals surface area contributed by atoms with Crippen LogP contribution in [0.3, 0.4) is 0 Å². The summed E-state index contributed by atoms with van der Waals surface area (Å²) in [7, 11) is 0. The number of allylic oxidation sites excluding steroid dienone is 1. The topological polar surface area (TPSA) is 4.93 Å². The summed E-state index contributed by atoms with van der Waals surface area (Å²) >= 11 is 9.06. The molecular weight excluding hydrogens is 330 g/mol. The third kappa shape index (κ3) is 2.52. The first-order valence-corrected chi connectivity index (χ1v) is 7.86. The Morgan fingerprint density at radius 1 is 1.20 bits per heavy atom. The van der Waals surface area contributed by atoms with Gasteiger partial charge in [0.2, 0.25) is 0 Å². The summed E-state index contributed by atoms with van der Waals surface area (Å²) in [6.07, 6.45) is 5.43. The highest BCUT2D eigenvalue weighted by Gasteiger charge is 2.26. The van der Waals surface area contributed by atoms with Gasteiger partial charge in [-0.1, -0.05) is 60.2 Å². The zero-order valence-corrected chi connectivity index (χ0v) is 14.0. The van der Waals surface area contributed by atoms with Crippen LogP contribution in [0.15, 0.2) is 53.1 Å². The monoisotopic (exact) mass is 345 g/mol. The molecule has 3 rings (SSSR count). The number of rotatable bonds is 1. The van der Waals surface area contributed by atoms with Crippen LogP contribution >= 0.6 is 28.1 Å². The fraction of sp³-hybridized carbons (Fsp3) is 0.235. The molecule has 0 N–H and O–H groups in total. The van der Waals surface area contributed by atoms with Crippen LogP contribution in [-0.4, -0.2) is 4.57 Å². The van der Waals surface area contributed by atoms with E-state index in [-0.39, 0.29) is 5.41 Å². The molecule has 0 radical (unpaired) electrons. The number of hydrogen-bond donors (Lipinski definition) is 0. The zero-order chi connectivity index (χ0) is 14.3. The molecule has 102 valence electrons. The number of benzene rings is 1. The predicted octanol–water partition coefficient (Wildman–Crippen LogP) is 5.45. The van der Waals surface area contributed by atoms with Crippen LogP contribution in [0.2, 0.25) is 0 Å². The van der Waals surface area contributed by atoms with E-state index in [0.29, 0.717) is 0 Å². The fourth-order valence-corrected chi connectivity index (χ4v) is 3.36. The molecule has 0 bridgehead atoms. The highest BCUT2D eigenvalue weighted by Crippen LogP contribution is 2.38. The van der Waals surface area contributed by atoms with Gasteiger partial charge in [0.1, 0.15) is 4.64 Å². The van der Waals surface area contributed by atoms with Gasteiger partial charge in [0, 0.05) is 16.2 Å². The van der Waals surface area contributed by atoms with Crippen LogP contribution in [0.5, 0.6) is 0 Å². The van der Waals surface area contributed by atoms with Gasteiger partial charge in [0.15, 0.2) is 0 Å². The molecular formula is C17H16BrNS. The second kappa shape index (κ2) is 4.97. The van der Waals surface area contributed by atoms with Crippen LogP contribution in [0, 0.1) is 10.1 Å². The first-order chi connectivity index (χ1) is 9.46. The van der Waals surface area contributed by atoms with E-state index in [2.05, 4.69) is 58.6 Å². The second-order valence-electron chi connectivity index (χ2n) is 5.91. The molecule has 0 unspecified atom stereocenters. The maximum atomic E-state index is 5.48. The summed E-state index contributed by atoms with van der Waals surface area (Å²) in [6, 6.07) is 12.5. The predicted molar refractivity (Wildman–Crippen MR) is 90.3 cm³/mol. The van der Waals surface area contributed by atoms with E-state index in [1.165, 1.54) is 16.8 Å². The highest BCUT2D eigenvalue weighted by atomic mass is 79.9. The lowest BCUT2D eigenvalue weighted by Gasteiger charge is -2.30. The number of halogens is 1. The SMILES string of the molecule is CC1(C)C=C(n2ccccc2=S)c2cc(Br)ccc2C1. The lowest BCUT2D eigenvalue weighted by molar-refractivity contribution is 0.470. The van der Waals surface area contributed by atoms with Gasteiger partial charge in [0.25, 0.3) is 0 Å². The van der Waals surface area contributed by atoms with E-state index < -0.39 is 0 Å². The molecule has 0 spiro atoms. The summed E-state index contributed by atoms with van der Waals surface area (Å²) in [6.45, 7) is 4.54. The average Bonchev–Trinajstić information content (AvgIpc) is 2.38. The Balaban J connectivity index is 2.28. The number of hydrogen-bond acceptors (Lipinski definition) is 1. The Kier molecular flexibility index (Phi) is 3.43. The Bertz CT molecular complexity index is 756. The minimum Gasteiger partial charge on any atom is -0.308 e. The molecule has 1 heterocycles. The van der Waals surface area contributed by atoms with Crippen molar-refractivity contribution in [3.63, 3.8) is 0 Å². The van der Waals surface area contributed by atoms with Crippen molar-refractivity contribution in [2.75, 3.05) is 0 Å². The van der Waals surface area contributed by atoms with Gasteiger partial charge in [-0.15, -0.1) is 0 Å². The Morgan fingerprint density at radius 3 is 2.75 bits per heavy atom. The highest BCUT2D eigenvalue weighted by molar-refractivity contribution is 9.10. The molecule has 0 aliphatic heterocycles. The first-order valence-electron chi connectivity index (χ1n) is 6.66. The summed E-state index contributed by atoms with van der Waals surface area (Å²) < 4.78 is 4.04. The smallest absolute Gasteiger partial charge is 0.110 e. The van der Waals surface area contributed by atoms with Gasteiger partial charge in [-0.05, 0) is 41.7 Å². The average molecular weight is 346 g/mol. The molecule has 1 aliphatic rings. The van der Waals surface area contributed by atoms with E-state index >= 15 is 0 Å². The van der Waals surface area contributed by atoms with Crippen molar-refractivity contribution in [2.45, 2.75) is 20.3 Å². The molecule has 20 heavy (non-hydrogen) atoms. The largest absolute Gasteiger partial charge is 0.308 e. The van der Waals surface area contributed by atoms with Crippen LogP contribution in [-0.2, 0) is 6.42 Å². The van der Waals surface area contributed by atoms with Gasteiger partial charge in [-0.3, -0.25) is 0 Å². The fourth-order valence-electron chi connectivity index (χ4n) is 2.76. The molecule has 1 aromatic carbocycles. The van der Waals surface area contributed by atoms with Crippen molar-refractivity contribution in [1.82, 2.24) is 4.57 Å². The molecule has 1 aliphatic carbocycles. The summed E-state index contributed by atoms with van der Waals surface area (Å²) in [4.78, 5) is 0. The summed E-state index contributed by atoms with van der Waals surface area (Å²) in [5.41, 5.74) is 3.96. The van der Waals surface area contributed by atoms with Gasteiger partial charge in [-0.2, -0.15) is 0 Å². The van der Waals surface area contributed by atoms with Crippen LogP contribution < -0.4 is 0 Å². The Labute approximate surface area is 133 Å². The van der Waals surface area contributed by atoms with E-state index in [0.717, 1.165) is 15.5 Å². The first kappa shape index (κ1) is 13.8. The molecule has 0 saturated carbocycles. The Morgan fingerprint density at radius 2 is 2.00 bits per heavy atom. The molecule has 0 amide bonds. The van der Waals surface area contributed by atoms with Crippen LogP contribution in [0.25, 0.3) is 5.70 Å². The molecule has 2 aromatic rings. The van der Waals surface area contributed by atoms with Gasteiger partial charge < -0.3 is 4.57 Å². The third-order valence-corrected chi connectivity index (χ3v) is 4.43. The van der Waals surface area contributed by atoms with Crippen molar-refractivity contribution < 1.29 is 0 Å². The van der Waals surface area contributed by atoms with E-state index in [1.807, 2.05) is 24.4 Å². The molecule has 0 fully saturated rings. The molecule has 1 aromatic heterocycles. The lowest BCUT2D eigenvalue weighted by atomic mass is 9.78. The summed E-state index contributed by atoms with van der Waals surface area (Å²) in [5, 5.41) is 0. The number of fused-ring (bicyclic) bond motifs is 1. The quantitative estimate of drug-likeness (QED) is 0.622. The minimum atomic E-state index is 0.140. The van der Waals surface area contributed by atoms with Crippen molar-refractivity contribution in [1.29, 1.82) is 0 Å². The molecule has 0 atom stereocenters. The molecule has 3 heteroatoms. The van der Waals surface area contributed by atoms with Crippen LogP contribution in [0.4, 0.5) is 0 Å². The Hall–Kier alpha value is -1.19. The van der Waals surface area contributed by atoms with Gasteiger partial charge in [-0.25, -0.2) is 0 Å². The number of aromatic nitrogens is 1. The van der Waals surface area contributed by atoms with E-state index in [9.17, 15) is 0 Å². The zero-order valence-electron chi connectivity index (χ0n) is 11.6. The van der Waals surface area contributed by atoms with Crippen molar-refractivity contribution in [3.8, 4) is 0 Å². The normalized spacial score (nSPS) is 16.4. The number of pyridine rings is 1. The minimum absolute atomic E-state index is 0.140. The van der Waals surface area contributed by atoms with Gasteiger partial charge in [0.05, 0.1) is 5.70 Å². The van der Waals surface area contributed by atoms with Crippen LogP contribution in [0.1, 0.15) is 25.0 Å². The lowest BCUT2D eigenvalue weighted by Crippen LogP contribution is -2.20. The van der Waals surface area contributed by atoms with Crippen molar-refractivity contribution in [3.05, 3.63) is 68.9 Å². The summed E-state index contributed by atoms with van der Waals surface area (Å²) in [5.74, 6) is 0. The second-order valence-corrected chi connectivity index (χ2v) is 7.24. The molecule has 0 saturated heterocycles. The standard InChI is InChI=1S/C17H16BrNS/c1-17(2)10-12-6-7-13(18)9-14(12)15(11-17)19-8-4-3-5-16(19)20/h3-9,11H,10H2,1-2H3. The van der Waals surface area contributed by atoms with Crippen molar-refractivity contribution in [2.24, 2.45) is 5.41 Å². The third-order valence-electron chi connectivity index (χ3n) is 3.60. The number of nitrogens with zero attached hydrogens (tertiary/aromatic N) is 1. The van der Waals surface area contributed by atoms with Gasteiger partial charge >= 0.3 is 0 Å².